The number of benzene rings is 2. The monoisotopic (exact) mass is 500 g/mol. The van der Waals surface area contributed by atoms with Crippen molar-refractivity contribution < 1.29 is 74.2 Å². The number of hydrogen-bond acceptors (Lipinski definition) is 4. The summed E-state index contributed by atoms with van der Waals surface area (Å²) in [6, 6.07) is 11.5. The third kappa shape index (κ3) is 11.7. The van der Waals surface area contributed by atoms with E-state index in [4.69, 9.17) is 4.74 Å². The molecule has 33 heavy (non-hydrogen) atoms. The molecule has 0 fully saturated rings. The largest absolute Gasteiger partial charge is 1.00 e. The molecule has 0 amide bonds. The second-order valence-corrected chi connectivity index (χ2v) is 9.77. The molecule has 0 aromatic heterocycles. The first-order valence-electron chi connectivity index (χ1n) is 12.0. The van der Waals surface area contributed by atoms with E-state index in [9.17, 15) is 18.1 Å². The van der Waals surface area contributed by atoms with E-state index in [0.717, 1.165) is 19.3 Å². The van der Waals surface area contributed by atoms with Crippen LogP contribution >= 0.6 is 0 Å². The Hall–Kier alpha value is -0.414. The zero-order valence-electron chi connectivity index (χ0n) is 20.2. The maximum atomic E-state index is 12.2. The van der Waals surface area contributed by atoms with Crippen molar-refractivity contribution in [3.05, 3.63) is 48.0 Å². The molecule has 7 heteroatoms. The van der Waals surface area contributed by atoms with E-state index in [1.807, 2.05) is 6.07 Å². The van der Waals surface area contributed by atoms with Gasteiger partial charge >= 0.3 is 51.4 Å². The van der Waals surface area contributed by atoms with Crippen LogP contribution in [0.5, 0.6) is 17.2 Å². The van der Waals surface area contributed by atoms with Gasteiger partial charge in [0.25, 0.3) is 10.1 Å². The van der Waals surface area contributed by atoms with E-state index in [0.29, 0.717) is 17.7 Å². The molecule has 0 aliphatic carbocycles. The van der Waals surface area contributed by atoms with Gasteiger partial charge in [0.2, 0.25) is 0 Å². The third-order valence-corrected chi connectivity index (χ3v) is 6.58. The molecule has 0 spiro atoms. The summed E-state index contributed by atoms with van der Waals surface area (Å²) < 4.78 is 39.1. The van der Waals surface area contributed by atoms with Gasteiger partial charge in [-0.05, 0) is 30.5 Å². The SMILES string of the molecule is CCCCCCCCCCCCCCc1ccc([O-])c(S(=O)(=O)O)c1Oc1ccccc1.[K+]. The summed E-state index contributed by atoms with van der Waals surface area (Å²) in [5.41, 5.74) is 0.619. The number of hydrogen-bond donors (Lipinski definition) is 1. The summed E-state index contributed by atoms with van der Waals surface area (Å²) in [7, 11) is -4.70. The number of ether oxygens (including phenoxy) is 1. The summed E-state index contributed by atoms with van der Waals surface area (Å²) >= 11 is 0. The van der Waals surface area contributed by atoms with Crippen molar-refractivity contribution in [1.29, 1.82) is 0 Å². The molecular formula is C26H37KO5S. The maximum Gasteiger partial charge on any atom is 1.00 e. The minimum Gasteiger partial charge on any atom is -0.871 e. The molecular weight excluding hydrogens is 463 g/mol. The van der Waals surface area contributed by atoms with Gasteiger partial charge in [0, 0.05) is 0 Å². The molecule has 178 valence electrons. The standard InChI is InChI=1S/C26H38O5S.K/c1-2-3-4-5-6-7-8-9-10-11-12-14-17-22-20-21-24(27)26(32(28,29)30)25(22)31-23-18-15-13-16-19-23;/h13,15-16,18-21,27H,2-12,14,17H2,1H3,(H,28,29,30);/q;+1/p-1. The molecule has 0 atom stereocenters. The molecule has 0 unspecified atom stereocenters. The molecule has 0 heterocycles. The Morgan fingerprint density at radius 3 is 1.82 bits per heavy atom. The Bertz CT molecular complexity index is 900. The van der Waals surface area contributed by atoms with E-state index in [2.05, 4.69) is 6.92 Å². The maximum absolute atomic E-state index is 12.2. The van der Waals surface area contributed by atoms with E-state index >= 15 is 0 Å². The second-order valence-electron chi connectivity index (χ2n) is 8.41. The van der Waals surface area contributed by atoms with Crippen molar-refractivity contribution in [2.45, 2.75) is 95.3 Å². The van der Waals surface area contributed by atoms with Gasteiger partial charge in [-0.25, -0.2) is 0 Å². The molecule has 0 radical (unpaired) electrons. The van der Waals surface area contributed by atoms with Gasteiger partial charge in [0.05, 0.1) is 0 Å². The molecule has 2 aromatic rings. The average Bonchev–Trinajstić information content (AvgIpc) is 2.75. The van der Waals surface area contributed by atoms with Crippen LogP contribution in [0.3, 0.4) is 0 Å². The first-order chi connectivity index (χ1) is 15.4. The number of aryl methyl sites for hydroxylation is 1. The van der Waals surface area contributed by atoms with Gasteiger partial charge in [-0.3, -0.25) is 4.55 Å². The third-order valence-electron chi connectivity index (χ3n) is 5.68. The van der Waals surface area contributed by atoms with Gasteiger partial charge in [0.15, 0.2) is 5.75 Å². The molecule has 5 nitrogen and oxygen atoms in total. The summed E-state index contributed by atoms with van der Waals surface area (Å²) in [5.74, 6) is -0.412. The Morgan fingerprint density at radius 2 is 1.30 bits per heavy atom. The van der Waals surface area contributed by atoms with Gasteiger partial charge in [-0.2, -0.15) is 8.42 Å². The van der Waals surface area contributed by atoms with Gasteiger partial charge < -0.3 is 9.84 Å². The number of para-hydroxylation sites is 1. The van der Waals surface area contributed by atoms with Crippen LogP contribution in [0.25, 0.3) is 0 Å². The fourth-order valence-electron chi connectivity index (χ4n) is 3.90. The number of unbranched alkanes of at least 4 members (excludes halogenated alkanes) is 11. The summed E-state index contributed by atoms with van der Waals surface area (Å²) in [5, 5.41) is 12.2. The zero-order valence-corrected chi connectivity index (χ0v) is 24.2. The smallest absolute Gasteiger partial charge is 0.871 e. The first kappa shape index (κ1) is 30.6. The topological polar surface area (TPSA) is 86.7 Å². The van der Waals surface area contributed by atoms with E-state index in [-0.39, 0.29) is 57.1 Å². The summed E-state index contributed by atoms with van der Waals surface area (Å²) in [6.45, 7) is 2.24. The second kappa shape index (κ2) is 17.1. The van der Waals surface area contributed by atoms with Crippen LogP contribution < -0.4 is 61.2 Å². The van der Waals surface area contributed by atoms with Crippen molar-refractivity contribution in [2.75, 3.05) is 0 Å². The molecule has 0 saturated carbocycles. The molecule has 0 aliphatic rings. The zero-order chi connectivity index (χ0) is 23.2. The molecule has 0 aliphatic heterocycles. The molecule has 2 rings (SSSR count). The van der Waals surface area contributed by atoms with Crippen LogP contribution in [0.1, 0.15) is 89.5 Å². The van der Waals surface area contributed by atoms with Crippen molar-refractivity contribution in [2.24, 2.45) is 0 Å². The van der Waals surface area contributed by atoms with Crippen molar-refractivity contribution >= 4 is 10.1 Å². The predicted molar refractivity (Wildman–Crippen MR) is 127 cm³/mol. The Balaban J connectivity index is 0.00000544. The molecule has 0 bridgehead atoms. The van der Waals surface area contributed by atoms with Crippen LogP contribution in [-0.2, 0) is 16.5 Å². The first-order valence-corrected chi connectivity index (χ1v) is 13.4. The quantitative estimate of drug-likeness (QED) is 0.213. The molecule has 1 N–H and O–H groups in total. The number of rotatable bonds is 16. The minimum atomic E-state index is -4.70. The van der Waals surface area contributed by atoms with Crippen LogP contribution in [0.15, 0.2) is 47.4 Å². The normalized spacial score (nSPS) is 11.2. The molecule has 0 saturated heterocycles. The summed E-state index contributed by atoms with van der Waals surface area (Å²) in [4.78, 5) is -0.683. The average molecular weight is 501 g/mol. The van der Waals surface area contributed by atoms with Gasteiger partial charge in [0.1, 0.15) is 10.6 Å². The molecule has 2 aromatic carbocycles. The van der Waals surface area contributed by atoms with E-state index in [1.165, 1.54) is 63.9 Å². The van der Waals surface area contributed by atoms with Crippen LogP contribution in [-0.4, -0.2) is 13.0 Å². The van der Waals surface area contributed by atoms with E-state index in [1.54, 1.807) is 30.3 Å². The van der Waals surface area contributed by atoms with Gasteiger partial charge in [-0.15, -0.1) is 0 Å². The van der Waals surface area contributed by atoms with Crippen molar-refractivity contribution in [3.63, 3.8) is 0 Å². The fraction of sp³-hybridized carbons (Fsp3) is 0.538. The van der Waals surface area contributed by atoms with Gasteiger partial charge in [-0.1, -0.05) is 114 Å². The van der Waals surface area contributed by atoms with Crippen LogP contribution in [0.2, 0.25) is 0 Å². The summed E-state index contributed by atoms with van der Waals surface area (Å²) in [6.07, 6.45) is 15.4. The van der Waals surface area contributed by atoms with Crippen LogP contribution in [0.4, 0.5) is 0 Å². The predicted octanol–water partition coefficient (Wildman–Crippen LogP) is 4.05. The Labute approximate surface area is 242 Å². The van der Waals surface area contributed by atoms with Crippen LogP contribution in [0, 0.1) is 0 Å². The van der Waals surface area contributed by atoms with Crippen molar-refractivity contribution in [3.8, 4) is 17.2 Å². The van der Waals surface area contributed by atoms with Crippen molar-refractivity contribution in [1.82, 2.24) is 0 Å². The van der Waals surface area contributed by atoms with E-state index < -0.39 is 20.8 Å². The fourth-order valence-corrected chi connectivity index (χ4v) is 4.63. The Morgan fingerprint density at radius 1 is 0.788 bits per heavy atom. The minimum absolute atomic E-state index is 0. The Kier molecular flexibility index (Phi) is 15.9.